The summed E-state index contributed by atoms with van der Waals surface area (Å²) in [7, 11) is 0. The molecule has 1 heterocycles. The van der Waals surface area contributed by atoms with Gasteiger partial charge in [0.25, 0.3) is 0 Å². The molecule has 1 aliphatic heterocycles. The summed E-state index contributed by atoms with van der Waals surface area (Å²) in [5.41, 5.74) is 5.82. The predicted octanol–water partition coefficient (Wildman–Crippen LogP) is 0.683. The summed E-state index contributed by atoms with van der Waals surface area (Å²) in [6, 6.07) is -0.219. The van der Waals surface area contributed by atoms with Crippen molar-refractivity contribution in [1.29, 1.82) is 0 Å². The molecule has 2 atom stereocenters. The highest BCUT2D eigenvalue weighted by Gasteiger charge is 2.33. The van der Waals surface area contributed by atoms with Gasteiger partial charge in [-0.25, -0.2) is 0 Å². The van der Waals surface area contributed by atoms with Crippen molar-refractivity contribution >= 4 is 11.9 Å². The Morgan fingerprint density at radius 3 is 2.41 bits per heavy atom. The Balaban J connectivity index is 2.69. The Bertz CT molecular complexity index is 289. The van der Waals surface area contributed by atoms with Crippen LogP contribution in [0.2, 0.25) is 0 Å². The highest BCUT2D eigenvalue weighted by Crippen LogP contribution is 2.20. The van der Waals surface area contributed by atoms with Crippen molar-refractivity contribution in [3.8, 4) is 0 Å². The van der Waals surface area contributed by atoms with Gasteiger partial charge in [-0.3, -0.25) is 9.59 Å². The summed E-state index contributed by atoms with van der Waals surface area (Å²) < 4.78 is 0. The molecule has 2 unspecified atom stereocenters. The van der Waals surface area contributed by atoms with E-state index in [1.54, 1.807) is 4.90 Å². The van der Waals surface area contributed by atoms with Gasteiger partial charge in [-0.15, -0.1) is 0 Å². The average Bonchev–Trinajstić information content (AvgIpc) is 2.29. The number of aliphatic carboxylic acids is 1. The monoisotopic (exact) mass is 242 g/mol. The minimum atomic E-state index is -0.859. The van der Waals surface area contributed by atoms with Gasteiger partial charge in [0.2, 0.25) is 5.91 Å². The van der Waals surface area contributed by atoms with E-state index in [9.17, 15) is 9.59 Å². The first kappa shape index (κ1) is 14.0. The molecule has 0 aromatic rings. The van der Waals surface area contributed by atoms with Gasteiger partial charge in [-0.2, -0.15) is 0 Å². The van der Waals surface area contributed by atoms with E-state index in [2.05, 4.69) is 0 Å². The fourth-order valence-electron chi connectivity index (χ4n) is 2.39. The van der Waals surface area contributed by atoms with Crippen molar-refractivity contribution in [2.24, 2.45) is 17.6 Å². The molecule has 0 aromatic carbocycles. The molecule has 1 rings (SSSR count). The lowest BCUT2D eigenvalue weighted by atomic mass is 9.92. The van der Waals surface area contributed by atoms with Crippen LogP contribution in [-0.2, 0) is 9.59 Å². The van der Waals surface area contributed by atoms with E-state index < -0.39 is 11.9 Å². The largest absolute Gasteiger partial charge is 0.481 e. The molecular weight excluding hydrogens is 220 g/mol. The van der Waals surface area contributed by atoms with Crippen LogP contribution in [0.3, 0.4) is 0 Å². The second-order valence-corrected chi connectivity index (χ2v) is 4.79. The zero-order valence-corrected chi connectivity index (χ0v) is 10.6. The molecule has 5 heteroatoms. The Labute approximate surface area is 102 Å². The van der Waals surface area contributed by atoms with E-state index in [0.717, 1.165) is 12.8 Å². The number of nitrogens with zero attached hydrogens (tertiary/aromatic N) is 1. The maximum absolute atomic E-state index is 12.2. The van der Waals surface area contributed by atoms with Gasteiger partial charge in [0.1, 0.15) is 0 Å². The highest BCUT2D eigenvalue weighted by atomic mass is 16.4. The fourth-order valence-corrected chi connectivity index (χ4v) is 2.39. The SMILES string of the molecule is CCC(CC)C(=O)N1CC(N)CC(C(=O)O)C1. The number of carboxylic acids is 1. The standard InChI is InChI=1S/C12H22N2O3/c1-3-8(4-2)11(15)14-6-9(12(16)17)5-10(13)7-14/h8-10H,3-7,13H2,1-2H3,(H,16,17). The third kappa shape index (κ3) is 3.43. The first-order valence-electron chi connectivity index (χ1n) is 6.26. The lowest BCUT2D eigenvalue weighted by molar-refractivity contribution is -0.147. The van der Waals surface area contributed by atoms with E-state index in [0.29, 0.717) is 19.5 Å². The summed E-state index contributed by atoms with van der Waals surface area (Å²) >= 11 is 0. The number of nitrogens with two attached hydrogens (primary N) is 1. The van der Waals surface area contributed by atoms with Gasteiger partial charge in [0.15, 0.2) is 0 Å². The van der Waals surface area contributed by atoms with Crippen LogP contribution in [0.1, 0.15) is 33.1 Å². The number of likely N-dealkylation sites (tertiary alicyclic amines) is 1. The number of carbonyl (C=O) groups is 2. The minimum absolute atomic E-state index is 0.00487. The topological polar surface area (TPSA) is 83.6 Å². The van der Waals surface area contributed by atoms with Crippen LogP contribution in [0.5, 0.6) is 0 Å². The molecular formula is C12H22N2O3. The Hall–Kier alpha value is -1.10. The van der Waals surface area contributed by atoms with Crippen molar-refractivity contribution in [3.63, 3.8) is 0 Å². The van der Waals surface area contributed by atoms with Crippen LogP contribution in [-0.4, -0.2) is 41.0 Å². The van der Waals surface area contributed by atoms with Gasteiger partial charge < -0.3 is 15.7 Å². The van der Waals surface area contributed by atoms with Crippen LogP contribution >= 0.6 is 0 Å². The Kier molecular flexibility index (Phi) is 4.93. The zero-order valence-electron chi connectivity index (χ0n) is 10.6. The smallest absolute Gasteiger partial charge is 0.308 e. The molecule has 5 nitrogen and oxygen atoms in total. The first-order valence-corrected chi connectivity index (χ1v) is 6.26. The van der Waals surface area contributed by atoms with Crippen molar-refractivity contribution in [2.75, 3.05) is 13.1 Å². The molecule has 0 aliphatic carbocycles. The second-order valence-electron chi connectivity index (χ2n) is 4.79. The Morgan fingerprint density at radius 2 is 1.94 bits per heavy atom. The number of piperidine rings is 1. The van der Waals surface area contributed by atoms with Gasteiger partial charge in [-0.1, -0.05) is 13.8 Å². The lowest BCUT2D eigenvalue weighted by Gasteiger charge is -2.36. The number of hydrogen-bond acceptors (Lipinski definition) is 3. The van der Waals surface area contributed by atoms with Gasteiger partial charge in [0.05, 0.1) is 5.92 Å². The third-order valence-corrected chi connectivity index (χ3v) is 3.48. The van der Waals surface area contributed by atoms with Crippen molar-refractivity contribution in [1.82, 2.24) is 4.90 Å². The van der Waals surface area contributed by atoms with E-state index in [1.165, 1.54) is 0 Å². The first-order chi connectivity index (χ1) is 7.99. The van der Waals surface area contributed by atoms with Crippen LogP contribution < -0.4 is 5.73 Å². The molecule has 1 saturated heterocycles. The van der Waals surface area contributed by atoms with E-state index in [-0.39, 0.29) is 17.9 Å². The summed E-state index contributed by atoms with van der Waals surface area (Å²) in [6.07, 6.45) is 2.04. The minimum Gasteiger partial charge on any atom is -0.481 e. The van der Waals surface area contributed by atoms with E-state index in [1.807, 2.05) is 13.8 Å². The molecule has 1 amide bonds. The molecule has 0 saturated carbocycles. The number of rotatable bonds is 4. The lowest BCUT2D eigenvalue weighted by Crippen LogP contribution is -2.52. The second kappa shape index (κ2) is 6.00. The molecule has 1 fully saturated rings. The number of carbonyl (C=O) groups excluding carboxylic acids is 1. The van der Waals surface area contributed by atoms with Crippen molar-refractivity contribution in [3.05, 3.63) is 0 Å². The third-order valence-electron chi connectivity index (χ3n) is 3.48. The highest BCUT2D eigenvalue weighted by molar-refractivity contribution is 5.80. The van der Waals surface area contributed by atoms with Gasteiger partial charge in [-0.05, 0) is 19.3 Å². The van der Waals surface area contributed by atoms with E-state index >= 15 is 0 Å². The molecule has 98 valence electrons. The molecule has 0 spiro atoms. The fraction of sp³-hybridized carbons (Fsp3) is 0.833. The molecule has 0 bridgehead atoms. The van der Waals surface area contributed by atoms with Gasteiger partial charge in [0, 0.05) is 25.0 Å². The molecule has 0 radical (unpaired) electrons. The number of amides is 1. The normalized spacial score (nSPS) is 25.1. The summed E-state index contributed by atoms with van der Waals surface area (Å²) in [6.45, 7) is 4.74. The average molecular weight is 242 g/mol. The summed E-state index contributed by atoms with van der Waals surface area (Å²) in [4.78, 5) is 24.8. The predicted molar refractivity (Wildman–Crippen MR) is 64.4 cm³/mol. The number of hydrogen-bond donors (Lipinski definition) is 2. The molecule has 3 N–H and O–H groups in total. The van der Waals surface area contributed by atoms with Crippen molar-refractivity contribution in [2.45, 2.75) is 39.2 Å². The molecule has 17 heavy (non-hydrogen) atoms. The number of carboxylic acid groups (broad SMARTS) is 1. The quantitative estimate of drug-likeness (QED) is 0.759. The summed E-state index contributed by atoms with van der Waals surface area (Å²) in [5.74, 6) is -1.33. The van der Waals surface area contributed by atoms with E-state index in [4.69, 9.17) is 10.8 Å². The zero-order chi connectivity index (χ0) is 13.0. The molecule has 1 aliphatic rings. The van der Waals surface area contributed by atoms with Crippen molar-refractivity contribution < 1.29 is 14.7 Å². The maximum Gasteiger partial charge on any atom is 0.308 e. The maximum atomic E-state index is 12.2. The van der Waals surface area contributed by atoms with Gasteiger partial charge >= 0.3 is 5.97 Å². The summed E-state index contributed by atoms with van der Waals surface area (Å²) in [5, 5.41) is 9.02. The molecule has 0 aromatic heterocycles. The van der Waals surface area contributed by atoms with Crippen LogP contribution in [0.4, 0.5) is 0 Å². The van der Waals surface area contributed by atoms with Crippen LogP contribution in [0, 0.1) is 11.8 Å². The van der Waals surface area contributed by atoms with Crippen LogP contribution in [0.25, 0.3) is 0 Å². The Morgan fingerprint density at radius 1 is 1.35 bits per heavy atom. The van der Waals surface area contributed by atoms with Crippen LogP contribution in [0.15, 0.2) is 0 Å².